The molecule has 4 rings (SSSR count). The van der Waals surface area contributed by atoms with Gasteiger partial charge in [0.25, 0.3) is 0 Å². The molecule has 1 heterocycles. The van der Waals surface area contributed by atoms with Crippen molar-refractivity contribution in [1.29, 1.82) is 0 Å². The molecule has 0 bridgehead atoms. The summed E-state index contributed by atoms with van der Waals surface area (Å²) < 4.78 is 14.0. The summed E-state index contributed by atoms with van der Waals surface area (Å²) in [5.41, 5.74) is 1.03. The van der Waals surface area contributed by atoms with Gasteiger partial charge in [-0.2, -0.15) is 0 Å². The van der Waals surface area contributed by atoms with Gasteiger partial charge in [-0.25, -0.2) is 9.18 Å². The van der Waals surface area contributed by atoms with Crippen LogP contribution in [0.1, 0.15) is 36.2 Å². The second-order valence-electron chi connectivity index (χ2n) is 7.99. The fourth-order valence-corrected chi connectivity index (χ4v) is 4.33. The van der Waals surface area contributed by atoms with E-state index in [0.29, 0.717) is 29.0 Å². The molecule has 28 heavy (non-hydrogen) atoms. The molecule has 0 unspecified atom stereocenters. The molecular formula is C21H21FN2O4. The molecule has 1 aliphatic carbocycles. The van der Waals surface area contributed by atoms with E-state index in [-0.39, 0.29) is 30.0 Å². The molecule has 1 amide bonds. The van der Waals surface area contributed by atoms with E-state index in [9.17, 15) is 19.1 Å². The molecule has 0 radical (unpaired) electrons. The van der Waals surface area contributed by atoms with Crippen molar-refractivity contribution in [3.8, 4) is 0 Å². The highest BCUT2D eigenvalue weighted by Gasteiger charge is 2.72. The number of carboxylic acid groups (broad SMARTS) is 1. The predicted molar refractivity (Wildman–Crippen MR) is 103 cm³/mol. The lowest BCUT2D eigenvalue weighted by molar-refractivity contribution is -0.120. The third kappa shape index (κ3) is 2.50. The van der Waals surface area contributed by atoms with Crippen LogP contribution in [0.3, 0.4) is 0 Å². The average Bonchev–Trinajstić information content (AvgIpc) is 3.15. The van der Waals surface area contributed by atoms with E-state index in [0.717, 1.165) is 0 Å². The van der Waals surface area contributed by atoms with E-state index < -0.39 is 17.2 Å². The van der Waals surface area contributed by atoms with Gasteiger partial charge in [0, 0.05) is 12.2 Å². The number of aliphatic hydroxyl groups excluding tert-OH is 1. The second-order valence-corrected chi connectivity index (χ2v) is 7.99. The number of carboxylic acids is 1. The summed E-state index contributed by atoms with van der Waals surface area (Å²) in [6, 6.07) is 8.84. The lowest BCUT2D eigenvalue weighted by Gasteiger charge is -2.21. The maximum absolute atomic E-state index is 14.0. The molecule has 146 valence electrons. The van der Waals surface area contributed by atoms with Crippen LogP contribution in [0.15, 0.2) is 36.4 Å². The van der Waals surface area contributed by atoms with Crippen LogP contribution in [0.2, 0.25) is 0 Å². The molecular weight excluding hydrogens is 363 g/mol. The Kier molecular flexibility index (Phi) is 3.97. The quantitative estimate of drug-likeness (QED) is 0.736. The van der Waals surface area contributed by atoms with Gasteiger partial charge in [0.2, 0.25) is 5.91 Å². The first-order valence-electron chi connectivity index (χ1n) is 9.09. The van der Waals surface area contributed by atoms with Crippen molar-refractivity contribution in [2.75, 3.05) is 23.4 Å². The van der Waals surface area contributed by atoms with Crippen molar-refractivity contribution in [2.45, 2.75) is 25.7 Å². The third-order valence-electron chi connectivity index (χ3n) is 5.83. The Balaban J connectivity index is 1.87. The number of nitrogens with one attached hydrogen (secondary N) is 1. The summed E-state index contributed by atoms with van der Waals surface area (Å²) in [4.78, 5) is 26.5. The number of aliphatic hydroxyl groups is 1. The Labute approximate surface area is 161 Å². The molecule has 0 saturated heterocycles. The summed E-state index contributed by atoms with van der Waals surface area (Å²) in [6.45, 7) is 4.08. The largest absolute Gasteiger partial charge is 0.478 e. The highest BCUT2D eigenvalue weighted by molar-refractivity contribution is 6.16. The van der Waals surface area contributed by atoms with Gasteiger partial charge in [-0.3, -0.25) is 9.69 Å². The Morgan fingerprint density at radius 3 is 2.57 bits per heavy atom. The molecule has 1 fully saturated rings. The van der Waals surface area contributed by atoms with Crippen molar-refractivity contribution in [3.05, 3.63) is 53.3 Å². The number of amides is 1. The van der Waals surface area contributed by atoms with Crippen LogP contribution in [-0.2, 0) is 10.2 Å². The monoisotopic (exact) mass is 384 g/mol. The zero-order valence-electron chi connectivity index (χ0n) is 15.6. The molecule has 2 aliphatic rings. The summed E-state index contributed by atoms with van der Waals surface area (Å²) in [5, 5.41) is 21.5. The molecule has 1 spiro atoms. The Hall–Kier alpha value is -2.93. The number of hydrogen-bond donors (Lipinski definition) is 3. The van der Waals surface area contributed by atoms with Crippen LogP contribution in [0.4, 0.5) is 21.5 Å². The number of carbonyl (C=O) groups excluding carboxylic acids is 1. The van der Waals surface area contributed by atoms with E-state index in [4.69, 9.17) is 5.11 Å². The van der Waals surface area contributed by atoms with Crippen molar-refractivity contribution < 1.29 is 24.2 Å². The number of hydrogen-bond acceptors (Lipinski definition) is 4. The number of carbonyl (C=O) groups is 2. The molecule has 2 aromatic rings. The summed E-state index contributed by atoms with van der Waals surface area (Å²) in [6.07, 6.45) is 0.611. The van der Waals surface area contributed by atoms with Crippen molar-refractivity contribution in [3.63, 3.8) is 0 Å². The number of fused-ring (bicyclic) bond motifs is 2. The van der Waals surface area contributed by atoms with Crippen molar-refractivity contribution >= 4 is 28.9 Å². The average molecular weight is 384 g/mol. The van der Waals surface area contributed by atoms with Crippen LogP contribution in [0, 0.1) is 11.2 Å². The predicted octanol–water partition coefficient (Wildman–Crippen LogP) is 3.27. The first-order valence-corrected chi connectivity index (χ1v) is 9.09. The number of anilines is 3. The maximum Gasteiger partial charge on any atom is 0.335 e. The summed E-state index contributed by atoms with van der Waals surface area (Å²) in [5.74, 6) is -1.70. The van der Waals surface area contributed by atoms with Crippen molar-refractivity contribution in [2.24, 2.45) is 5.41 Å². The van der Waals surface area contributed by atoms with E-state index in [1.165, 1.54) is 29.2 Å². The standard InChI is InChI=1S/C21H21FN2O4/c1-20(2)11-21(20)16-9-13(22)3-4-17(16)24(19(21)28)15-8-12(18(26)27)7-14(10-15)23-5-6-25/h3-4,7-10,23,25H,5-6,11H2,1-2H3,(H,26,27)/t21-/m1/s1. The maximum atomic E-state index is 14.0. The van der Waals surface area contributed by atoms with Crippen LogP contribution in [-0.4, -0.2) is 35.2 Å². The fraction of sp³-hybridized carbons (Fsp3) is 0.333. The number of nitrogens with zero attached hydrogens (tertiary/aromatic N) is 1. The molecule has 6 nitrogen and oxygen atoms in total. The molecule has 2 aromatic carbocycles. The zero-order valence-corrected chi connectivity index (χ0v) is 15.6. The number of aromatic carboxylic acids is 1. The van der Waals surface area contributed by atoms with Crippen LogP contribution >= 0.6 is 0 Å². The first kappa shape index (κ1) is 18.4. The number of halogens is 1. The van der Waals surface area contributed by atoms with Crippen LogP contribution in [0.5, 0.6) is 0 Å². The molecule has 3 N–H and O–H groups in total. The number of benzene rings is 2. The Morgan fingerprint density at radius 1 is 1.25 bits per heavy atom. The zero-order chi connectivity index (χ0) is 20.3. The lowest BCUT2D eigenvalue weighted by atomic mass is 9.89. The SMILES string of the molecule is CC1(C)C[C@@]12C(=O)N(c1cc(NCCO)cc(C(=O)O)c1)c1ccc(F)cc12. The second kappa shape index (κ2) is 6.04. The minimum absolute atomic E-state index is 0.0189. The van der Waals surface area contributed by atoms with Crippen LogP contribution in [0.25, 0.3) is 0 Å². The lowest BCUT2D eigenvalue weighted by Crippen LogP contribution is -2.31. The third-order valence-corrected chi connectivity index (χ3v) is 5.83. The van der Waals surface area contributed by atoms with Gasteiger partial charge >= 0.3 is 5.97 Å². The molecule has 1 aliphatic heterocycles. The fourth-order valence-electron chi connectivity index (χ4n) is 4.33. The van der Waals surface area contributed by atoms with Gasteiger partial charge in [-0.15, -0.1) is 0 Å². The van der Waals surface area contributed by atoms with Crippen LogP contribution < -0.4 is 10.2 Å². The Morgan fingerprint density at radius 2 is 1.96 bits per heavy atom. The van der Waals surface area contributed by atoms with E-state index in [2.05, 4.69) is 5.32 Å². The molecule has 7 heteroatoms. The summed E-state index contributed by atoms with van der Waals surface area (Å²) in [7, 11) is 0. The van der Waals surface area contributed by atoms with E-state index in [1.54, 1.807) is 12.1 Å². The van der Waals surface area contributed by atoms with Gasteiger partial charge in [0.05, 0.1) is 29.0 Å². The molecule has 1 saturated carbocycles. The minimum Gasteiger partial charge on any atom is -0.478 e. The Bertz CT molecular complexity index is 1000. The van der Waals surface area contributed by atoms with E-state index in [1.807, 2.05) is 13.8 Å². The molecule has 1 atom stereocenters. The van der Waals surface area contributed by atoms with Gasteiger partial charge in [0.15, 0.2) is 0 Å². The van der Waals surface area contributed by atoms with Gasteiger partial charge < -0.3 is 15.5 Å². The summed E-state index contributed by atoms with van der Waals surface area (Å²) >= 11 is 0. The van der Waals surface area contributed by atoms with Gasteiger partial charge in [-0.05, 0) is 53.8 Å². The highest BCUT2D eigenvalue weighted by Crippen LogP contribution is 2.70. The topological polar surface area (TPSA) is 89.9 Å². The first-order chi connectivity index (χ1) is 13.2. The van der Waals surface area contributed by atoms with Gasteiger partial charge in [0.1, 0.15) is 5.82 Å². The van der Waals surface area contributed by atoms with Crippen molar-refractivity contribution in [1.82, 2.24) is 0 Å². The minimum atomic E-state index is -1.12. The normalized spacial score (nSPS) is 21.7. The highest BCUT2D eigenvalue weighted by atomic mass is 19.1. The number of rotatable bonds is 5. The van der Waals surface area contributed by atoms with E-state index >= 15 is 0 Å². The smallest absolute Gasteiger partial charge is 0.335 e. The van der Waals surface area contributed by atoms with Gasteiger partial charge in [-0.1, -0.05) is 13.8 Å². The molecule has 0 aromatic heterocycles.